The van der Waals surface area contributed by atoms with Crippen molar-refractivity contribution >= 4 is 28.7 Å². The quantitative estimate of drug-likeness (QED) is 0.225. The van der Waals surface area contributed by atoms with Crippen LogP contribution in [0.2, 0.25) is 0 Å². The number of aromatic nitrogens is 4. The van der Waals surface area contributed by atoms with Gasteiger partial charge in [-0.05, 0) is 36.9 Å². The third-order valence-electron chi connectivity index (χ3n) is 6.03. The Kier molecular flexibility index (Phi) is 6.67. The van der Waals surface area contributed by atoms with Crippen LogP contribution in [0.4, 0.5) is 11.5 Å². The first kappa shape index (κ1) is 24.8. The van der Waals surface area contributed by atoms with E-state index in [1.54, 1.807) is 19.9 Å². The Hall–Kier alpha value is -4.90. The third kappa shape index (κ3) is 5.00. The predicted octanol–water partition coefficient (Wildman–Crippen LogP) is 5.05. The number of aryl methyl sites for hydroxylation is 2. The summed E-state index contributed by atoms with van der Waals surface area (Å²) < 4.78 is 1.36. The second-order valence-electron chi connectivity index (χ2n) is 8.63. The molecule has 1 amide bonds. The van der Waals surface area contributed by atoms with E-state index in [0.717, 1.165) is 10.4 Å². The van der Waals surface area contributed by atoms with Gasteiger partial charge in [0.15, 0.2) is 0 Å². The number of nitro benzene ring substituents is 1. The number of aromatic amines is 1. The van der Waals surface area contributed by atoms with Gasteiger partial charge in [-0.25, -0.2) is 4.98 Å². The minimum Gasteiger partial charge on any atom is -0.306 e. The van der Waals surface area contributed by atoms with E-state index in [1.165, 1.54) is 34.2 Å². The van der Waals surface area contributed by atoms with Gasteiger partial charge in [-0.15, -0.1) is 11.3 Å². The molecule has 190 valence electrons. The molecule has 2 aromatic carbocycles. The van der Waals surface area contributed by atoms with Crippen molar-refractivity contribution in [1.29, 1.82) is 0 Å². The predicted molar refractivity (Wildman–Crippen MR) is 145 cm³/mol. The fourth-order valence-electron chi connectivity index (χ4n) is 4.02. The molecule has 0 unspecified atom stereocenters. The van der Waals surface area contributed by atoms with Crippen LogP contribution in [0.3, 0.4) is 0 Å². The number of carbonyl (C=O) groups is 1. The molecule has 0 saturated heterocycles. The normalized spacial score (nSPS) is 10.9. The maximum Gasteiger partial charge on any atom is 0.273 e. The number of nitrogens with one attached hydrogen (secondary N) is 2. The zero-order valence-electron chi connectivity index (χ0n) is 20.5. The average Bonchev–Trinajstić information content (AvgIpc) is 3.57. The first-order valence-electron chi connectivity index (χ1n) is 11.6. The zero-order chi connectivity index (χ0) is 26.8. The Morgan fingerprint density at radius 1 is 1.11 bits per heavy atom. The maximum absolute atomic E-state index is 13.1. The first-order valence-corrected chi connectivity index (χ1v) is 12.5. The highest BCUT2D eigenvalue weighted by atomic mass is 32.1. The summed E-state index contributed by atoms with van der Waals surface area (Å²) in [6.45, 7) is 3.36. The number of thiophene rings is 1. The number of hydrogen-bond acceptors (Lipinski definition) is 7. The van der Waals surface area contributed by atoms with Crippen LogP contribution in [0, 0.1) is 24.0 Å². The Morgan fingerprint density at radius 2 is 1.89 bits per heavy atom. The van der Waals surface area contributed by atoms with Gasteiger partial charge in [0.25, 0.3) is 17.2 Å². The molecule has 0 spiro atoms. The van der Waals surface area contributed by atoms with Gasteiger partial charge in [0.05, 0.1) is 15.5 Å². The van der Waals surface area contributed by atoms with E-state index in [1.807, 2.05) is 47.8 Å². The summed E-state index contributed by atoms with van der Waals surface area (Å²) in [5.74, 6) is -0.177. The number of nitro groups is 1. The van der Waals surface area contributed by atoms with Crippen molar-refractivity contribution in [3.05, 3.63) is 121 Å². The second-order valence-corrected chi connectivity index (χ2v) is 9.58. The van der Waals surface area contributed by atoms with E-state index < -0.39 is 10.8 Å². The minimum atomic E-state index is -0.563. The Morgan fingerprint density at radius 3 is 2.58 bits per heavy atom. The third-order valence-corrected chi connectivity index (χ3v) is 6.92. The number of hydrogen-bond donors (Lipinski definition) is 2. The lowest BCUT2D eigenvalue weighted by molar-refractivity contribution is -0.385. The molecule has 3 aromatic heterocycles. The van der Waals surface area contributed by atoms with Gasteiger partial charge in [-0.2, -0.15) is 9.78 Å². The molecule has 10 nitrogen and oxygen atoms in total. The van der Waals surface area contributed by atoms with E-state index in [-0.39, 0.29) is 28.6 Å². The summed E-state index contributed by atoms with van der Waals surface area (Å²) in [6.07, 6.45) is 0.421. The molecule has 0 atom stereocenters. The number of anilines is 1. The number of benzene rings is 2. The summed E-state index contributed by atoms with van der Waals surface area (Å²) in [7, 11) is 0. The van der Waals surface area contributed by atoms with E-state index in [9.17, 15) is 19.7 Å². The van der Waals surface area contributed by atoms with Crippen molar-refractivity contribution < 1.29 is 9.72 Å². The molecule has 11 heteroatoms. The zero-order valence-corrected chi connectivity index (χ0v) is 21.3. The lowest BCUT2D eigenvalue weighted by atomic mass is 10.1. The highest BCUT2D eigenvalue weighted by Crippen LogP contribution is 2.28. The topological polar surface area (TPSA) is 136 Å². The van der Waals surface area contributed by atoms with Crippen molar-refractivity contribution in [3.8, 4) is 16.5 Å². The molecule has 3 heterocycles. The van der Waals surface area contributed by atoms with Crippen LogP contribution in [-0.4, -0.2) is 30.6 Å². The van der Waals surface area contributed by atoms with Gasteiger partial charge >= 0.3 is 0 Å². The van der Waals surface area contributed by atoms with Crippen molar-refractivity contribution in [1.82, 2.24) is 19.7 Å². The molecule has 0 bridgehead atoms. The lowest BCUT2D eigenvalue weighted by Crippen LogP contribution is -2.22. The molecule has 0 fully saturated rings. The van der Waals surface area contributed by atoms with Crippen LogP contribution >= 0.6 is 11.3 Å². The van der Waals surface area contributed by atoms with Gasteiger partial charge < -0.3 is 5.32 Å². The molecule has 0 saturated carbocycles. The van der Waals surface area contributed by atoms with Crippen molar-refractivity contribution in [2.75, 3.05) is 5.32 Å². The smallest absolute Gasteiger partial charge is 0.273 e. The number of amides is 1. The van der Waals surface area contributed by atoms with Gasteiger partial charge in [0.2, 0.25) is 5.95 Å². The van der Waals surface area contributed by atoms with Crippen molar-refractivity contribution in [2.24, 2.45) is 0 Å². The fourth-order valence-corrected chi connectivity index (χ4v) is 4.70. The Balaban J connectivity index is 1.54. The van der Waals surface area contributed by atoms with Crippen LogP contribution in [0.15, 0.2) is 76.9 Å². The fraction of sp³-hybridized carbons (Fsp3) is 0.111. The number of H-pyrrole nitrogens is 1. The Bertz CT molecular complexity index is 1710. The molecule has 5 rings (SSSR count). The van der Waals surface area contributed by atoms with E-state index in [4.69, 9.17) is 0 Å². The SMILES string of the molecule is Cc1ccc(C(=O)Nc2cc(-c3cccs3)nn2-c2nc(C)c(Cc3ccccc3)c(=O)[nH]2)cc1[N+](=O)[O-]. The van der Waals surface area contributed by atoms with Gasteiger partial charge in [-0.1, -0.05) is 42.5 Å². The van der Waals surface area contributed by atoms with Crippen LogP contribution in [-0.2, 0) is 6.42 Å². The van der Waals surface area contributed by atoms with Crippen LogP contribution in [0.25, 0.3) is 16.5 Å². The molecular formula is C27H22N6O4S. The molecular weight excluding hydrogens is 504 g/mol. The van der Waals surface area contributed by atoms with E-state index in [2.05, 4.69) is 20.4 Å². The van der Waals surface area contributed by atoms with Crippen molar-refractivity contribution in [3.63, 3.8) is 0 Å². The second kappa shape index (κ2) is 10.2. The number of rotatable bonds is 7. The maximum atomic E-state index is 13.1. The van der Waals surface area contributed by atoms with Gasteiger partial charge in [-0.3, -0.25) is 24.7 Å². The summed E-state index contributed by atoms with van der Waals surface area (Å²) in [6, 6.07) is 19.3. The summed E-state index contributed by atoms with van der Waals surface area (Å²) >= 11 is 1.47. The molecule has 0 radical (unpaired) electrons. The van der Waals surface area contributed by atoms with E-state index >= 15 is 0 Å². The molecule has 0 aliphatic rings. The largest absolute Gasteiger partial charge is 0.306 e. The first-order chi connectivity index (χ1) is 18.3. The standard InChI is InChI=1S/C27H22N6O4S/c1-16-10-11-19(14-22(16)33(36)37)25(34)29-24-15-21(23-9-6-12-38-23)31-32(24)27-28-17(2)20(26(35)30-27)13-18-7-4-3-5-8-18/h3-12,14-15H,13H2,1-2H3,(H,29,34)(H,28,30,35). The molecule has 5 aromatic rings. The van der Waals surface area contributed by atoms with E-state index in [0.29, 0.717) is 28.9 Å². The summed E-state index contributed by atoms with van der Waals surface area (Å²) in [5, 5.41) is 20.6. The molecule has 0 aliphatic heterocycles. The highest BCUT2D eigenvalue weighted by Gasteiger charge is 2.20. The monoisotopic (exact) mass is 526 g/mol. The minimum absolute atomic E-state index is 0.114. The van der Waals surface area contributed by atoms with Crippen LogP contribution in [0.5, 0.6) is 0 Å². The number of carbonyl (C=O) groups excluding carboxylic acids is 1. The molecule has 2 N–H and O–H groups in total. The Labute approximate surface area is 220 Å². The van der Waals surface area contributed by atoms with Crippen LogP contribution < -0.4 is 10.9 Å². The molecule has 0 aliphatic carbocycles. The van der Waals surface area contributed by atoms with Crippen molar-refractivity contribution in [2.45, 2.75) is 20.3 Å². The summed E-state index contributed by atoms with van der Waals surface area (Å²) in [4.78, 5) is 45.2. The molecule has 38 heavy (non-hydrogen) atoms. The average molecular weight is 527 g/mol. The summed E-state index contributed by atoms with van der Waals surface area (Å²) in [5.41, 5.74) is 2.72. The lowest BCUT2D eigenvalue weighted by Gasteiger charge is -2.11. The van der Waals surface area contributed by atoms with Crippen LogP contribution in [0.1, 0.15) is 32.7 Å². The number of nitrogens with zero attached hydrogens (tertiary/aromatic N) is 4. The van der Waals surface area contributed by atoms with Gasteiger partial charge in [0.1, 0.15) is 11.5 Å². The highest BCUT2D eigenvalue weighted by molar-refractivity contribution is 7.13. The van der Waals surface area contributed by atoms with Gasteiger partial charge in [0, 0.05) is 35.2 Å².